The molecular weight excluding hydrogens is 110 g/mol. The molecule has 0 aliphatic carbocycles. The van der Waals surface area contributed by atoms with Crippen LogP contribution < -0.4 is 5.32 Å². The molecule has 0 rings (SSSR count). The summed E-state index contributed by atoms with van der Waals surface area (Å²) in [6, 6.07) is 0. The molecule has 1 heteroatoms. The molecule has 1 atom stereocenters. The van der Waals surface area contributed by atoms with Crippen molar-refractivity contribution < 1.29 is 0 Å². The highest BCUT2D eigenvalue weighted by Crippen LogP contribution is 1.96. The topological polar surface area (TPSA) is 12.0 Å². The molecule has 0 fully saturated rings. The summed E-state index contributed by atoms with van der Waals surface area (Å²) in [5, 5.41) is 3.39. The third-order valence-corrected chi connectivity index (χ3v) is 1.62. The third kappa shape index (κ3) is 5.84. The molecule has 1 N–H and O–H groups in total. The fourth-order valence-electron chi connectivity index (χ4n) is 0.670. The minimum Gasteiger partial charge on any atom is -0.316 e. The minimum atomic E-state index is 0.844. The van der Waals surface area contributed by atoms with E-state index in [0.717, 1.165) is 5.92 Å². The van der Waals surface area contributed by atoms with Gasteiger partial charge in [0.15, 0.2) is 0 Å². The van der Waals surface area contributed by atoms with E-state index in [-0.39, 0.29) is 0 Å². The summed E-state index contributed by atoms with van der Waals surface area (Å²) in [5.74, 6) is 0.844. The van der Waals surface area contributed by atoms with Gasteiger partial charge < -0.3 is 5.32 Å². The lowest BCUT2D eigenvalue weighted by Crippen LogP contribution is -2.21. The van der Waals surface area contributed by atoms with Crippen molar-refractivity contribution in [1.82, 2.24) is 5.32 Å². The van der Waals surface area contributed by atoms with Crippen LogP contribution in [0.3, 0.4) is 0 Å². The van der Waals surface area contributed by atoms with Gasteiger partial charge >= 0.3 is 0 Å². The molecule has 0 aliphatic rings. The highest BCUT2D eigenvalue weighted by molar-refractivity contribution is 4.52. The molecule has 1 nitrogen and oxygen atoms in total. The molecule has 56 valence electrons. The Morgan fingerprint density at radius 1 is 1.33 bits per heavy atom. The summed E-state index contributed by atoms with van der Waals surface area (Å²) in [4.78, 5) is 0. The van der Waals surface area contributed by atoms with Crippen molar-refractivity contribution in [1.29, 1.82) is 0 Å². The Morgan fingerprint density at radius 2 is 2.00 bits per heavy atom. The average Bonchev–Trinajstić information content (AvgIpc) is 1.89. The van der Waals surface area contributed by atoms with Gasteiger partial charge in [0.1, 0.15) is 0 Å². The van der Waals surface area contributed by atoms with Gasteiger partial charge in [0.25, 0.3) is 0 Å². The van der Waals surface area contributed by atoms with E-state index in [2.05, 4.69) is 26.1 Å². The third-order valence-electron chi connectivity index (χ3n) is 1.62. The Morgan fingerprint density at radius 3 is 2.44 bits per heavy atom. The summed E-state index contributed by atoms with van der Waals surface area (Å²) in [6.07, 6.45) is 2.53. The van der Waals surface area contributed by atoms with Gasteiger partial charge in [0.05, 0.1) is 0 Å². The number of rotatable bonds is 5. The molecule has 0 aromatic rings. The summed E-state index contributed by atoms with van der Waals surface area (Å²) in [7, 11) is 0. The van der Waals surface area contributed by atoms with E-state index in [9.17, 15) is 0 Å². The monoisotopic (exact) mass is 129 g/mol. The van der Waals surface area contributed by atoms with Crippen LogP contribution in [0.2, 0.25) is 0 Å². The van der Waals surface area contributed by atoms with E-state index < -0.39 is 0 Å². The van der Waals surface area contributed by atoms with Crippen LogP contribution in [0.5, 0.6) is 0 Å². The molecule has 0 bridgehead atoms. The minimum absolute atomic E-state index is 0.844. The fourth-order valence-corrected chi connectivity index (χ4v) is 0.670. The summed E-state index contributed by atoms with van der Waals surface area (Å²) in [6.45, 7) is 9.07. The Balaban J connectivity index is 2.88. The SMILES string of the molecule is CCCNC[C@@H](C)CC. The smallest absolute Gasteiger partial charge is 0.00233 e. The molecule has 0 aliphatic heterocycles. The van der Waals surface area contributed by atoms with Gasteiger partial charge in [0, 0.05) is 0 Å². The number of hydrogen-bond donors (Lipinski definition) is 1. The first kappa shape index (κ1) is 8.96. The van der Waals surface area contributed by atoms with Gasteiger partial charge in [-0.3, -0.25) is 0 Å². The standard InChI is InChI=1S/C8H19N/c1-4-6-9-7-8(3)5-2/h8-9H,4-7H2,1-3H3/t8-/m0/s1. The molecular formula is C8H19N. The molecule has 0 heterocycles. The van der Waals surface area contributed by atoms with Crippen molar-refractivity contribution in [3.8, 4) is 0 Å². The van der Waals surface area contributed by atoms with Crippen LogP contribution in [0, 0.1) is 5.92 Å². The largest absolute Gasteiger partial charge is 0.316 e. The second-order valence-corrected chi connectivity index (χ2v) is 2.72. The Labute approximate surface area is 58.8 Å². The summed E-state index contributed by atoms with van der Waals surface area (Å²) < 4.78 is 0. The molecule has 0 unspecified atom stereocenters. The van der Waals surface area contributed by atoms with E-state index in [1.807, 2.05) is 0 Å². The average molecular weight is 129 g/mol. The van der Waals surface area contributed by atoms with Crippen LogP contribution in [0.25, 0.3) is 0 Å². The van der Waals surface area contributed by atoms with E-state index in [1.54, 1.807) is 0 Å². The quantitative estimate of drug-likeness (QED) is 0.560. The predicted molar refractivity (Wildman–Crippen MR) is 42.6 cm³/mol. The highest BCUT2D eigenvalue weighted by atomic mass is 14.8. The van der Waals surface area contributed by atoms with Crippen LogP contribution in [-0.2, 0) is 0 Å². The summed E-state index contributed by atoms with van der Waals surface area (Å²) in [5.41, 5.74) is 0. The van der Waals surface area contributed by atoms with Gasteiger partial charge in [-0.1, -0.05) is 27.2 Å². The molecule has 0 radical (unpaired) electrons. The zero-order valence-electron chi connectivity index (χ0n) is 6.91. The molecule has 0 aromatic carbocycles. The molecule has 0 aromatic heterocycles. The molecule has 0 spiro atoms. The highest BCUT2D eigenvalue weighted by Gasteiger charge is 1.94. The van der Waals surface area contributed by atoms with E-state index in [1.165, 1.54) is 25.9 Å². The Kier molecular flexibility index (Phi) is 6.06. The number of nitrogens with one attached hydrogen (secondary N) is 1. The maximum Gasteiger partial charge on any atom is -0.00233 e. The Hall–Kier alpha value is -0.0400. The first-order valence-electron chi connectivity index (χ1n) is 4.02. The first-order chi connectivity index (χ1) is 4.31. The molecule has 0 saturated heterocycles. The second-order valence-electron chi connectivity index (χ2n) is 2.72. The van der Waals surface area contributed by atoms with Gasteiger partial charge in [-0.15, -0.1) is 0 Å². The Bertz CT molecular complexity index is 52.5. The van der Waals surface area contributed by atoms with Crippen LogP contribution in [0.1, 0.15) is 33.6 Å². The number of hydrogen-bond acceptors (Lipinski definition) is 1. The maximum atomic E-state index is 3.39. The van der Waals surface area contributed by atoms with Gasteiger partial charge in [-0.25, -0.2) is 0 Å². The van der Waals surface area contributed by atoms with E-state index in [0.29, 0.717) is 0 Å². The lowest BCUT2D eigenvalue weighted by Gasteiger charge is -2.07. The van der Waals surface area contributed by atoms with Crippen molar-refractivity contribution in [2.45, 2.75) is 33.6 Å². The van der Waals surface area contributed by atoms with Crippen molar-refractivity contribution in [3.05, 3.63) is 0 Å². The fraction of sp³-hybridized carbons (Fsp3) is 1.00. The zero-order valence-corrected chi connectivity index (χ0v) is 6.91. The van der Waals surface area contributed by atoms with Crippen molar-refractivity contribution >= 4 is 0 Å². The van der Waals surface area contributed by atoms with Crippen LogP contribution in [0.15, 0.2) is 0 Å². The summed E-state index contributed by atoms with van der Waals surface area (Å²) >= 11 is 0. The lowest BCUT2D eigenvalue weighted by atomic mass is 10.1. The zero-order chi connectivity index (χ0) is 7.11. The van der Waals surface area contributed by atoms with Crippen molar-refractivity contribution in [2.24, 2.45) is 5.92 Å². The van der Waals surface area contributed by atoms with Crippen LogP contribution >= 0.6 is 0 Å². The van der Waals surface area contributed by atoms with Crippen LogP contribution in [0.4, 0.5) is 0 Å². The van der Waals surface area contributed by atoms with Gasteiger partial charge in [0.2, 0.25) is 0 Å². The van der Waals surface area contributed by atoms with Crippen LogP contribution in [-0.4, -0.2) is 13.1 Å². The molecule has 9 heavy (non-hydrogen) atoms. The van der Waals surface area contributed by atoms with E-state index in [4.69, 9.17) is 0 Å². The molecule has 0 amide bonds. The van der Waals surface area contributed by atoms with Gasteiger partial charge in [-0.2, -0.15) is 0 Å². The normalized spacial score (nSPS) is 13.7. The first-order valence-corrected chi connectivity index (χ1v) is 4.02. The van der Waals surface area contributed by atoms with Crippen molar-refractivity contribution in [2.75, 3.05) is 13.1 Å². The van der Waals surface area contributed by atoms with E-state index >= 15 is 0 Å². The maximum absolute atomic E-state index is 3.39. The lowest BCUT2D eigenvalue weighted by molar-refractivity contribution is 0.500. The second kappa shape index (κ2) is 6.09. The van der Waals surface area contributed by atoms with Crippen molar-refractivity contribution in [3.63, 3.8) is 0 Å². The molecule has 0 saturated carbocycles. The van der Waals surface area contributed by atoms with Gasteiger partial charge in [-0.05, 0) is 25.4 Å². The predicted octanol–water partition coefficient (Wildman–Crippen LogP) is 2.03.